The van der Waals surface area contributed by atoms with Crippen LogP contribution in [0.1, 0.15) is 11.1 Å². The second-order valence-electron chi connectivity index (χ2n) is 4.89. The Balaban J connectivity index is 2.26. The third kappa shape index (κ3) is 5.78. The van der Waals surface area contributed by atoms with Gasteiger partial charge in [0.25, 0.3) is 0 Å². The van der Waals surface area contributed by atoms with E-state index in [1.54, 1.807) is 42.5 Å². The minimum absolute atomic E-state index is 0.376. The molecular formula is C17H15ClN2O3S. The molecule has 0 saturated carbocycles. The summed E-state index contributed by atoms with van der Waals surface area (Å²) in [6.45, 7) is -0.438. The predicted molar refractivity (Wildman–Crippen MR) is 94.3 cm³/mol. The van der Waals surface area contributed by atoms with Crippen LogP contribution in [0.5, 0.6) is 5.75 Å². The van der Waals surface area contributed by atoms with Crippen molar-refractivity contribution in [3.05, 3.63) is 52.8 Å². The maximum absolute atomic E-state index is 10.7. The quantitative estimate of drug-likeness (QED) is 0.651. The van der Waals surface area contributed by atoms with Crippen LogP contribution in [0, 0.1) is 11.8 Å². The molecule has 7 heteroatoms. The number of rotatable bonds is 5. The number of carboxylic acids is 1. The molecule has 0 amide bonds. The Labute approximate surface area is 149 Å². The maximum Gasteiger partial charge on any atom is 0.341 e. The second-order valence-corrected chi connectivity index (χ2v) is 6.71. The first-order valence-corrected chi connectivity index (χ1v) is 8.05. The lowest BCUT2D eigenvalue weighted by atomic mass is 10.2. The van der Waals surface area contributed by atoms with Crippen LogP contribution in [0.15, 0.2) is 41.6 Å². The summed E-state index contributed by atoms with van der Waals surface area (Å²) in [6, 6.07) is 6.79. The Morgan fingerprint density at radius 2 is 2.12 bits per heavy atom. The smallest absolute Gasteiger partial charge is 0.341 e. The molecule has 0 aliphatic heterocycles. The van der Waals surface area contributed by atoms with E-state index in [-0.39, 0.29) is 0 Å². The van der Waals surface area contributed by atoms with Gasteiger partial charge in [-0.2, -0.15) is 0 Å². The second kappa shape index (κ2) is 8.60. The van der Waals surface area contributed by atoms with Crippen LogP contribution in [0.3, 0.4) is 0 Å². The molecule has 0 bridgehead atoms. The average molecular weight is 363 g/mol. The number of aliphatic carboxylic acids is 1. The SMILES string of the molecule is CN(C)Sc1cncc(C#Cc2cc(Cl)ccc2OCC(=O)O)c1. The normalized spacial score (nSPS) is 10.2. The molecule has 0 saturated heterocycles. The maximum atomic E-state index is 10.7. The molecule has 0 atom stereocenters. The molecule has 1 aromatic heterocycles. The van der Waals surface area contributed by atoms with Gasteiger partial charge in [0.1, 0.15) is 5.75 Å². The molecule has 1 N–H and O–H groups in total. The lowest BCUT2D eigenvalue weighted by Crippen LogP contribution is -2.10. The van der Waals surface area contributed by atoms with E-state index in [1.807, 2.05) is 24.5 Å². The van der Waals surface area contributed by atoms with Gasteiger partial charge in [-0.3, -0.25) is 9.29 Å². The molecule has 2 aromatic rings. The van der Waals surface area contributed by atoms with Gasteiger partial charge in [0.05, 0.1) is 5.56 Å². The lowest BCUT2D eigenvalue weighted by molar-refractivity contribution is -0.139. The highest BCUT2D eigenvalue weighted by Gasteiger charge is 2.05. The Kier molecular flexibility index (Phi) is 6.50. The number of carboxylic acid groups (broad SMARTS) is 1. The molecular weight excluding hydrogens is 348 g/mol. The lowest BCUT2D eigenvalue weighted by Gasteiger charge is -2.07. The monoisotopic (exact) mass is 362 g/mol. The van der Waals surface area contributed by atoms with Gasteiger partial charge in [-0.1, -0.05) is 23.4 Å². The minimum Gasteiger partial charge on any atom is -0.481 e. The minimum atomic E-state index is -1.05. The van der Waals surface area contributed by atoms with Crippen LogP contribution in [-0.4, -0.2) is 41.1 Å². The highest BCUT2D eigenvalue weighted by Crippen LogP contribution is 2.23. The van der Waals surface area contributed by atoms with Crippen molar-refractivity contribution in [2.45, 2.75) is 4.90 Å². The number of ether oxygens (including phenoxy) is 1. The molecule has 0 spiro atoms. The molecule has 0 aliphatic rings. The molecule has 2 rings (SSSR count). The highest BCUT2D eigenvalue weighted by molar-refractivity contribution is 7.97. The van der Waals surface area contributed by atoms with Crippen LogP contribution >= 0.6 is 23.5 Å². The standard InChI is InChI=1S/C17H15ClN2O3S/c1-20(2)24-15-7-12(9-19-10-15)3-4-13-8-14(18)5-6-16(13)23-11-17(21)22/h5-10H,11H2,1-2H3,(H,21,22). The van der Waals surface area contributed by atoms with E-state index in [0.29, 0.717) is 16.3 Å². The van der Waals surface area contributed by atoms with Crippen molar-refractivity contribution in [2.24, 2.45) is 0 Å². The summed E-state index contributed by atoms with van der Waals surface area (Å²) >= 11 is 7.53. The summed E-state index contributed by atoms with van der Waals surface area (Å²) in [5.41, 5.74) is 1.26. The van der Waals surface area contributed by atoms with Crippen LogP contribution in [-0.2, 0) is 4.79 Å². The summed E-state index contributed by atoms with van der Waals surface area (Å²) in [5, 5.41) is 9.23. The zero-order chi connectivity index (χ0) is 17.5. The number of carbonyl (C=O) groups is 1. The third-order valence-corrected chi connectivity index (χ3v) is 3.67. The van der Waals surface area contributed by atoms with Gasteiger partial charge >= 0.3 is 5.97 Å². The average Bonchev–Trinajstić information content (AvgIpc) is 2.51. The van der Waals surface area contributed by atoms with Crippen LogP contribution in [0.4, 0.5) is 0 Å². The van der Waals surface area contributed by atoms with Gasteiger partial charge in [0.2, 0.25) is 0 Å². The zero-order valence-corrected chi connectivity index (χ0v) is 14.7. The third-order valence-electron chi connectivity index (χ3n) is 2.64. The molecule has 0 fully saturated rings. The molecule has 24 heavy (non-hydrogen) atoms. The number of pyridine rings is 1. The number of hydrogen-bond acceptors (Lipinski definition) is 5. The van der Waals surface area contributed by atoms with E-state index >= 15 is 0 Å². The van der Waals surface area contributed by atoms with Crippen LogP contribution in [0.25, 0.3) is 0 Å². The van der Waals surface area contributed by atoms with E-state index < -0.39 is 12.6 Å². The van der Waals surface area contributed by atoms with E-state index in [4.69, 9.17) is 21.4 Å². The molecule has 5 nitrogen and oxygen atoms in total. The topological polar surface area (TPSA) is 62.7 Å². The number of aromatic nitrogens is 1. The molecule has 1 aromatic carbocycles. The summed E-state index contributed by atoms with van der Waals surface area (Å²) in [5.74, 6) is 5.28. The number of benzene rings is 1. The van der Waals surface area contributed by atoms with Gasteiger partial charge in [-0.25, -0.2) is 4.79 Å². The summed E-state index contributed by atoms with van der Waals surface area (Å²) in [4.78, 5) is 15.8. The van der Waals surface area contributed by atoms with E-state index in [9.17, 15) is 4.79 Å². The first-order valence-electron chi connectivity index (χ1n) is 6.90. The van der Waals surface area contributed by atoms with Gasteiger partial charge in [0.15, 0.2) is 6.61 Å². The van der Waals surface area contributed by atoms with Gasteiger partial charge in [-0.15, -0.1) is 0 Å². The van der Waals surface area contributed by atoms with Crippen molar-refractivity contribution in [3.63, 3.8) is 0 Å². The Hall–Kier alpha value is -2.20. The molecule has 124 valence electrons. The van der Waals surface area contributed by atoms with Gasteiger partial charge in [0, 0.05) is 27.9 Å². The van der Waals surface area contributed by atoms with Crippen molar-refractivity contribution in [1.82, 2.24) is 9.29 Å². The number of hydrogen-bond donors (Lipinski definition) is 1. The van der Waals surface area contributed by atoms with E-state index in [1.165, 1.54) is 0 Å². The van der Waals surface area contributed by atoms with Crippen molar-refractivity contribution >= 4 is 29.5 Å². The predicted octanol–water partition coefficient (Wildman–Crippen LogP) is 3.17. The summed E-state index contributed by atoms with van der Waals surface area (Å²) < 4.78 is 7.19. The zero-order valence-electron chi connectivity index (χ0n) is 13.1. The van der Waals surface area contributed by atoms with Gasteiger partial charge < -0.3 is 9.84 Å². The van der Waals surface area contributed by atoms with Crippen molar-refractivity contribution < 1.29 is 14.6 Å². The fraction of sp³-hybridized carbons (Fsp3) is 0.176. The first kappa shape index (κ1) is 18.1. The number of nitrogens with zero attached hydrogens (tertiary/aromatic N) is 2. The van der Waals surface area contributed by atoms with Crippen molar-refractivity contribution in [1.29, 1.82) is 0 Å². The largest absolute Gasteiger partial charge is 0.481 e. The summed E-state index contributed by atoms with van der Waals surface area (Å²) in [6.07, 6.45) is 3.42. The van der Waals surface area contributed by atoms with Gasteiger partial charge in [-0.05, 0) is 50.3 Å². The molecule has 0 unspecified atom stereocenters. The molecule has 0 radical (unpaired) electrons. The number of halogens is 1. The van der Waals surface area contributed by atoms with Crippen LogP contribution in [0.2, 0.25) is 5.02 Å². The highest BCUT2D eigenvalue weighted by atomic mass is 35.5. The molecule has 1 heterocycles. The fourth-order valence-electron chi connectivity index (χ4n) is 1.75. The first-order chi connectivity index (χ1) is 11.4. The Morgan fingerprint density at radius 3 is 2.83 bits per heavy atom. The Morgan fingerprint density at radius 1 is 1.33 bits per heavy atom. The van der Waals surface area contributed by atoms with Crippen molar-refractivity contribution in [2.75, 3.05) is 20.7 Å². The summed E-state index contributed by atoms with van der Waals surface area (Å²) in [7, 11) is 3.89. The Bertz CT molecular complexity index is 800. The molecule has 0 aliphatic carbocycles. The van der Waals surface area contributed by atoms with Crippen molar-refractivity contribution in [3.8, 4) is 17.6 Å². The van der Waals surface area contributed by atoms with E-state index in [2.05, 4.69) is 16.8 Å². The van der Waals surface area contributed by atoms with E-state index in [0.717, 1.165) is 10.5 Å². The fourth-order valence-corrected chi connectivity index (χ4v) is 2.63. The van der Waals surface area contributed by atoms with Crippen LogP contribution < -0.4 is 4.74 Å².